The lowest BCUT2D eigenvalue weighted by molar-refractivity contribution is -0.143. The van der Waals surface area contributed by atoms with Crippen molar-refractivity contribution in [1.29, 1.82) is 0 Å². The number of nitrogens with one attached hydrogen (secondary N) is 2. The molecule has 3 N–H and O–H groups in total. The van der Waals surface area contributed by atoms with Gasteiger partial charge in [0.2, 0.25) is 0 Å². The molecule has 1 aromatic heterocycles. The zero-order valence-corrected chi connectivity index (χ0v) is 10.3. The van der Waals surface area contributed by atoms with Gasteiger partial charge in [-0.25, -0.2) is 4.72 Å². The Labute approximate surface area is 105 Å². The van der Waals surface area contributed by atoms with Gasteiger partial charge in [-0.2, -0.15) is 0 Å². The number of carboxylic acid groups (broad SMARTS) is 1. The van der Waals surface area contributed by atoms with Gasteiger partial charge < -0.3 is 10.1 Å². The van der Waals surface area contributed by atoms with Crippen LogP contribution in [0.25, 0.3) is 10.9 Å². The number of para-hydroxylation sites is 1. The third-order valence-electron chi connectivity index (χ3n) is 2.94. The fourth-order valence-corrected chi connectivity index (χ4v) is 2.00. The first-order valence-corrected chi connectivity index (χ1v) is 5.71. The Morgan fingerprint density at radius 3 is 2.88 bits per heavy atom. The number of benzene rings is 1. The van der Waals surface area contributed by atoms with Gasteiger partial charge in [-0.05, 0) is 18.6 Å². The summed E-state index contributed by atoms with van der Waals surface area (Å²) in [5.41, 5.74) is 0.898. The van der Waals surface area contributed by atoms with Gasteiger partial charge in [-0.15, -0.1) is 0 Å². The van der Waals surface area contributed by atoms with Gasteiger partial charge in [0.15, 0.2) is 0 Å². The molecule has 1 atom stereocenters. The van der Waals surface area contributed by atoms with Crippen LogP contribution in [-0.2, 0) is 11.2 Å². The number of fused-ring (bicyclic) bond motifs is 1. The smallest absolute Gasteiger partial charge is 0.324 e. The Morgan fingerprint density at radius 1 is 1.53 bits per heavy atom. The van der Waals surface area contributed by atoms with E-state index < -0.39 is 11.5 Å². The molecule has 1 aromatic carbocycles. The van der Waals surface area contributed by atoms with E-state index in [9.17, 15) is 9.90 Å². The molecule has 0 bridgehead atoms. The number of carbonyl (C=O) groups is 1. The lowest BCUT2D eigenvalue weighted by Gasteiger charge is -2.22. The Bertz CT molecular complexity index is 552. The molecular weight excluding hydrogens is 236 g/mol. The fraction of sp³-hybridized carbons (Fsp3) is 0.250. The number of aromatic nitrogens is 1. The Kier molecular flexibility index (Phi) is 3.13. The number of aromatic amines is 1. The maximum absolute atomic E-state index is 11.2. The maximum atomic E-state index is 11.2. The summed E-state index contributed by atoms with van der Waals surface area (Å²) in [4.78, 5) is 14.3. The van der Waals surface area contributed by atoms with E-state index >= 15 is 0 Å². The molecule has 5 heteroatoms. The molecule has 0 radical (unpaired) electrons. The van der Waals surface area contributed by atoms with Crippen molar-refractivity contribution in [2.45, 2.75) is 18.9 Å². The largest absolute Gasteiger partial charge is 0.480 e. The SMILES string of the molecule is C[C@@](Cc1c[nH]c2ccccc12)(NS)C(=O)O. The van der Waals surface area contributed by atoms with E-state index in [2.05, 4.69) is 22.5 Å². The monoisotopic (exact) mass is 250 g/mol. The van der Waals surface area contributed by atoms with Crippen molar-refractivity contribution in [3.05, 3.63) is 36.0 Å². The van der Waals surface area contributed by atoms with Crippen LogP contribution in [0.5, 0.6) is 0 Å². The molecule has 0 saturated carbocycles. The average Bonchev–Trinajstić information content (AvgIpc) is 2.72. The minimum Gasteiger partial charge on any atom is -0.480 e. The van der Waals surface area contributed by atoms with E-state index in [4.69, 9.17) is 0 Å². The van der Waals surface area contributed by atoms with Gasteiger partial charge in [-0.3, -0.25) is 4.79 Å². The van der Waals surface area contributed by atoms with Gasteiger partial charge in [-0.1, -0.05) is 31.0 Å². The summed E-state index contributed by atoms with van der Waals surface area (Å²) < 4.78 is 2.56. The first-order chi connectivity index (χ1) is 8.07. The lowest BCUT2D eigenvalue weighted by atomic mass is 9.94. The van der Waals surface area contributed by atoms with Crippen molar-refractivity contribution >= 4 is 29.7 Å². The number of hydrogen-bond donors (Lipinski definition) is 4. The maximum Gasteiger partial charge on any atom is 0.324 e. The van der Waals surface area contributed by atoms with Crippen LogP contribution in [0, 0.1) is 0 Å². The molecule has 2 rings (SSSR count). The van der Waals surface area contributed by atoms with Crippen LogP contribution in [-0.4, -0.2) is 21.6 Å². The Hall–Kier alpha value is -1.46. The van der Waals surface area contributed by atoms with E-state index in [-0.39, 0.29) is 0 Å². The van der Waals surface area contributed by atoms with Gasteiger partial charge in [0.1, 0.15) is 5.54 Å². The molecule has 90 valence electrons. The molecule has 0 amide bonds. The van der Waals surface area contributed by atoms with Gasteiger partial charge in [0.25, 0.3) is 0 Å². The third-order valence-corrected chi connectivity index (χ3v) is 3.43. The quantitative estimate of drug-likeness (QED) is 0.627. The van der Waals surface area contributed by atoms with Crippen LogP contribution in [0.1, 0.15) is 12.5 Å². The highest BCUT2D eigenvalue weighted by Crippen LogP contribution is 2.22. The molecule has 0 aliphatic rings. The highest BCUT2D eigenvalue weighted by molar-refractivity contribution is 7.78. The summed E-state index contributed by atoms with van der Waals surface area (Å²) in [5.74, 6) is -0.919. The van der Waals surface area contributed by atoms with E-state index in [1.54, 1.807) is 6.92 Å². The number of hydrogen-bond acceptors (Lipinski definition) is 3. The zero-order chi connectivity index (χ0) is 12.5. The first-order valence-electron chi connectivity index (χ1n) is 5.26. The number of aliphatic carboxylic acids is 1. The van der Waals surface area contributed by atoms with Crippen LogP contribution < -0.4 is 4.72 Å². The van der Waals surface area contributed by atoms with E-state index in [1.165, 1.54) is 0 Å². The summed E-state index contributed by atoms with van der Waals surface area (Å²) in [6.07, 6.45) is 2.22. The van der Waals surface area contributed by atoms with Crippen molar-refractivity contribution in [3.8, 4) is 0 Å². The second-order valence-electron chi connectivity index (χ2n) is 4.29. The molecule has 0 saturated heterocycles. The topological polar surface area (TPSA) is 65.1 Å². The molecule has 0 aliphatic heterocycles. The second-order valence-corrected chi connectivity index (χ2v) is 4.51. The number of H-pyrrole nitrogens is 1. The average molecular weight is 250 g/mol. The fourth-order valence-electron chi connectivity index (χ4n) is 1.82. The van der Waals surface area contributed by atoms with Crippen molar-refractivity contribution < 1.29 is 9.90 Å². The second kappa shape index (κ2) is 4.43. The molecule has 2 aromatic rings. The van der Waals surface area contributed by atoms with Crippen LogP contribution >= 0.6 is 12.8 Å². The molecular formula is C12H14N2O2S. The molecule has 1 heterocycles. The van der Waals surface area contributed by atoms with Crippen molar-refractivity contribution in [3.63, 3.8) is 0 Å². The van der Waals surface area contributed by atoms with Crippen molar-refractivity contribution in [2.75, 3.05) is 0 Å². The summed E-state index contributed by atoms with van der Waals surface area (Å²) in [6.45, 7) is 1.62. The standard InChI is InChI=1S/C12H14N2O2S/c1-12(14-17,11(15)16)6-8-7-13-10-5-3-2-4-9(8)10/h2-5,7,13-14,17H,6H2,1H3,(H,15,16)/t12-/m0/s1. The molecule has 0 spiro atoms. The Balaban J connectivity index is 2.38. The number of thiol groups is 1. The summed E-state index contributed by atoms with van der Waals surface area (Å²) >= 11 is 3.91. The summed E-state index contributed by atoms with van der Waals surface area (Å²) in [7, 11) is 0. The van der Waals surface area contributed by atoms with Crippen LogP contribution in [0.3, 0.4) is 0 Å². The lowest BCUT2D eigenvalue weighted by Crippen LogP contribution is -2.46. The number of rotatable bonds is 4. The van der Waals surface area contributed by atoms with Gasteiger partial charge in [0.05, 0.1) is 0 Å². The van der Waals surface area contributed by atoms with Crippen LogP contribution in [0.4, 0.5) is 0 Å². The van der Waals surface area contributed by atoms with Gasteiger partial charge >= 0.3 is 5.97 Å². The third kappa shape index (κ3) is 2.16. The predicted molar refractivity (Wildman–Crippen MR) is 70.2 cm³/mol. The minimum atomic E-state index is -1.08. The normalized spacial score (nSPS) is 14.7. The molecule has 4 nitrogen and oxygen atoms in total. The van der Waals surface area contributed by atoms with Crippen LogP contribution in [0.2, 0.25) is 0 Å². The molecule has 17 heavy (non-hydrogen) atoms. The number of carboxylic acids is 1. The highest BCUT2D eigenvalue weighted by atomic mass is 32.1. The van der Waals surface area contributed by atoms with E-state index in [0.29, 0.717) is 6.42 Å². The minimum absolute atomic E-state index is 0.371. The predicted octanol–water partition coefficient (Wildman–Crippen LogP) is 1.99. The molecule has 0 aliphatic carbocycles. The highest BCUT2D eigenvalue weighted by Gasteiger charge is 2.32. The van der Waals surface area contributed by atoms with Crippen LogP contribution in [0.15, 0.2) is 30.5 Å². The summed E-state index contributed by atoms with van der Waals surface area (Å²) in [5, 5.41) is 10.2. The van der Waals surface area contributed by atoms with Crippen molar-refractivity contribution in [1.82, 2.24) is 9.71 Å². The first kappa shape index (κ1) is 12.0. The van der Waals surface area contributed by atoms with E-state index in [0.717, 1.165) is 16.5 Å². The van der Waals surface area contributed by atoms with Crippen molar-refractivity contribution in [2.24, 2.45) is 0 Å². The van der Waals surface area contributed by atoms with E-state index in [1.807, 2.05) is 30.5 Å². The molecule has 0 unspecified atom stereocenters. The molecule has 0 fully saturated rings. The zero-order valence-electron chi connectivity index (χ0n) is 9.40. The summed E-state index contributed by atoms with van der Waals surface area (Å²) in [6, 6.07) is 7.81. The van der Waals surface area contributed by atoms with Gasteiger partial charge in [0, 0.05) is 23.5 Å². The Morgan fingerprint density at radius 2 is 2.24 bits per heavy atom.